The molecule has 4 saturated carbocycles. The summed E-state index contributed by atoms with van der Waals surface area (Å²) in [6.45, 7) is 6.41. The first kappa shape index (κ1) is 16.8. The van der Waals surface area contributed by atoms with E-state index in [1.807, 2.05) is 0 Å². The Kier molecular flexibility index (Phi) is 3.77. The van der Waals surface area contributed by atoms with Crippen LogP contribution in [0.1, 0.15) is 72.1 Å². The van der Waals surface area contributed by atoms with Gasteiger partial charge in [0, 0.05) is 24.2 Å². The van der Waals surface area contributed by atoms with E-state index in [4.69, 9.17) is 0 Å². The fraction of sp³-hybridized carbons (Fsp3) is 0.905. The molecule has 0 bridgehead atoms. The molecule has 0 aromatic carbocycles. The lowest BCUT2D eigenvalue weighted by atomic mass is 9.44. The van der Waals surface area contributed by atoms with E-state index in [0.29, 0.717) is 42.3 Å². The second-order valence-electron chi connectivity index (χ2n) is 9.76. The Labute approximate surface area is 145 Å². The lowest BCUT2D eigenvalue weighted by Crippen LogP contribution is -2.58. The summed E-state index contributed by atoms with van der Waals surface area (Å²) in [4.78, 5) is 24.2. The van der Waals surface area contributed by atoms with Crippen molar-refractivity contribution in [3.8, 4) is 0 Å². The molecule has 4 fully saturated rings. The van der Waals surface area contributed by atoms with Crippen LogP contribution in [0.15, 0.2) is 0 Å². The first-order valence-corrected chi connectivity index (χ1v) is 9.98. The van der Waals surface area contributed by atoms with Crippen molar-refractivity contribution in [3.63, 3.8) is 0 Å². The summed E-state index contributed by atoms with van der Waals surface area (Å²) >= 11 is 0. The van der Waals surface area contributed by atoms with E-state index in [2.05, 4.69) is 13.8 Å². The van der Waals surface area contributed by atoms with Crippen LogP contribution in [0.4, 0.5) is 0 Å². The Morgan fingerprint density at radius 3 is 2.50 bits per heavy atom. The number of aliphatic hydroxyl groups excluding tert-OH is 1. The highest BCUT2D eigenvalue weighted by atomic mass is 16.3. The fourth-order valence-corrected chi connectivity index (χ4v) is 7.77. The van der Waals surface area contributed by atoms with Crippen LogP contribution < -0.4 is 0 Å². The lowest BCUT2D eigenvalue weighted by Gasteiger charge is -2.61. The number of hydrogen-bond acceptors (Lipinski definition) is 3. The zero-order chi connectivity index (χ0) is 17.3. The van der Waals surface area contributed by atoms with E-state index in [1.54, 1.807) is 6.92 Å². The molecule has 0 heterocycles. The average Bonchev–Trinajstić information content (AvgIpc) is 2.86. The Hall–Kier alpha value is -0.700. The monoisotopic (exact) mass is 332 g/mol. The SMILES string of the molecule is CC(=O)[C@H]1CC[C@H]2[C@@H]3CCC4CC(=O)CC(O)[C@]4(C)[C@H]3CC[C@]12C. The molecule has 3 heteroatoms. The number of fused-ring (bicyclic) bond motifs is 5. The third-order valence-corrected chi connectivity index (χ3v) is 9.07. The molecule has 24 heavy (non-hydrogen) atoms. The van der Waals surface area contributed by atoms with Crippen molar-refractivity contribution in [2.75, 3.05) is 0 Å². The standard InChI is InChI=1S/C21H32O3/c1-12(22)16-6-7-17-15-5-4-13-10-14(23)11-19(24)21(13,3)18(15)8-9-20(16,17)2/h13,15-19,24H,4-11H2,1-3H3/t13?,15-,16+,17-,18-,19?,20+,21-/m0/s1. The second kappa shape index (κ2) is 5.40. The number of carbonyl (C=O) groups is 2. The molecule has 4 aliphatic rings. The van der Waals surface area contributed by atoms with E-state index >= 15 is 0 Å². The van der Waals surface area contributed by atoms with Gasteiger partial charge in [-0.15, -0.1) is 0 Å². The summed E-state index contributed by atoms with van der Waals surface area (Å²) in [5, 5.41) is 10.8. The molecule has 1 N–H and O–H groups in total. The van der Waals surface area contributed by atoms with Crippen molar-refractivity contribution in [1.29, 1.82) is 0 Å². The number of hydrogen-bond donors (Lipinski definition) is 1. The van der Waals surface area contributed by atoms with Crippen molar-refractivity contribution in [1.82, 2.24) is 0 Å². The highest BCUT2D eigenvalue weighted by molar-refractivity contribution is 5.80. The molecule has 0 aliphatic heterocycles. The molecule has 8 atom stereocenters. The Morgan fingerprint density at radius 2 is 1.79 bits per heavy atom. The molecular weight excluding hydrogens is 300 g/mol. The molecule has 4 rings (SSSR count). The first-order chi connectivity index (χ1) is 11.3. The molecule has 2 unspecified atom stereocenters. The maximum absolute atomic E-state index is 12.2. The van der Waals surface area contributed by atoms with E-state index in [1.165, 1.54) is 12.8 Å². The molecule has 3 nitrogen and oxygen atoms in total. The predicted octanol–water partition coefficient (Wildman–Crippen LogP) is 3.77. The van der Waals surface area contributed by atoms with Crippen LogP contribution in [0.3, 0.4) is 0 Å². The number of aliphatic hydroxyl groups is 1. The van der Waals surface area contributed by atoms with Gasteiger partial charge in [0.1, 0.15) is 11.6 Å². The molecule has 134 valence electrons. The number of Topliss-reactive ketones (excluding diaryl/α,β-unsaturated/α-hetero) is 2. The Balaban J connectivity index is 1.66. The molecule has 0 aromatic heterocycles. The van der Waals surface area contributed by atoms with Crippen LogP contribution in [-0.4, -0.2) is 22.8 Å². The Morgan fingerprint density at radius 1 is 1.04 bits per heavy atom. The normalized spacial score (nSPS) is 53.9. The molecule has 0 aromatic rings. The van der Waals surface area contributed by atoms with Gasteiger partial charge in [-0.1, -0.05) is 13.8 Å². The summed E-state index contributed by atoms with van der Waals surface area (Å²) in [7, 11) is 0. The summed E-state index contributed by atoms with van der Waals surface area (Å²) < 4.78 is 0. The van der Waals surface area contributed by atoms with Gasteiger partial charge in [0.2, 0.25) is 0 Å². The zero-order valence-corrected chi connectivity index (χ0v) is 15.4. The zero-order valence-electron chi connectivity index (χ0n) is 15.4. The summed E-state index contributed by atoms with van der Waals surface area (Å²) in [6, 6.07) is 0. The first-order valence-electron chi connectivity index (χ1n) is 9.98. The van der Waals surface area contributed by atoms with E-state index in [0.717, 1.165) is 25.7 Å². The van der Waals surface area contributed by atoms with E-state index in [9.17, 15) is 14.7 Å². The van der Waals surface area contributed by atoms with E-state index < -0.39 is 6.10 Å². The minimum Gasteiger partial charge on any atom is -0.392 e. The second-order valence-corrected chi connectivity index (χ2v) is 9.76. The number of ketones is 2. The average molecular weight is 332 g/mol. The highest BCUT2D eigenvalue weighted by Crippen LogP contribution is 2.67. The summed E-state index contributed by atoms with van der Waals surface area (Å²) in [5.74, 6) is 3.03. The highest BCUT2D eigenvalue weighted by Gasteiger charge is 2.62. The smallest absolute Gasteiger partial charge is 0.135 e. The topological polar surface area (TPSA) is 54.4 Å². The van der Waals surface area contributed by atoms with Crippen LogP contribution >= 0.6 is 0 Å². The van der Waals surface area contributed by atoms with Gasteiger partial charge in [-0.05, 0) is 74.5 Å². The maximum atomic E-state index is 12.2. The van der Waals surface area contributed by atoms with Crippen LogP contribution in [0, 0.1) is 40.4 Å². The molecular formula is C21H32O3. The van der Waals surface area contributed by atoms with Gasteiger partial charge in [-0.25, -0.2) is 0 Å². The van der Waals surface area contributed by atoms with Crippen molar-refractivity contribution in [2.45, 2.75) is 78.2 Å². The van der Waals surface area contributed by atoms with Crippen LogP contribution in [0.25, 0.3) is 0 Å². The van der Waals surface area contributed by atoms with Gasteiger partial charge < -0.3 is 5.11 Å². The van der Waals surface area contributed by atoms with Gasteiger partial charge in [0.05, 0.1) is 6.10 Å². The van der Waals surface area contributed by atoms with Crippen molar-refractivity contribution in [2.24, 2.45) is 40.4 Å². The maximum Gasteiger partial charge on any atom is 0.135 e. The minimum absolute atomic E-state index is 0.0908. The molecule has 0 saturated heterocycles. The van der Waals surface area contributed by atoms with Gasteiger partial charge >= 0.3 is 0 Å². The predicted molar refractivity (Wildman–Crippen MR) is 92.3 cm³/mol. The van der Waals surface area contributed by atoms with Crippen molar-refractivity contribution in [3.05, 3.63) is 0 Å². The molecule has 0 spiro atoms. The third kappa shape index (κ3) is 2.06. The van der Waals surface area contributed by atoms with Crippen LogP contribution in [0.5, 0.6) is 0 Å². The van der Waals surface area contributed by atoms with Crippen LogP contribution in [0.2, 0.25) is 0 Å². The molecule has 4 aliphatic carbocycles. The largest absolute Gasteiger partial charge is 0.392 e. The van der Waals surface area contributed by atoms with Gasteiger partial charge in [0.15, 0.2) is 0 Å². The van der Waals surface area contributed by atoms with E-state index in [-0.39, 0.29) is 22.5 Å². The lowest BCUT2D eigenvalue weighted by molar-refractivity contribution is -0.171. The third-order valence-electron chi connectivity index (χ3n) is 9.07. The fourth-order valence-electron chi connectivity index (χ4n) is 7.77. The van der Waals surface area contributed by atoms with Crippen LogP contribution in [-0.2, 0) is 9.59 Å². The van der Waals surface area contributed by atoms with Gasteiger partial charge in [-0.2, -0.15) is 0 Å². The number of carbonyl (C=O) groups excluding carboxylic acids is 2. The summed E-state index contributed by atoms with van der Waals surface area (Å²) in [5.41, 5.74) is 0.0815. The Bertz CT molecular complexity index is 569. The molecule has 0 amide bonds. The molecule has 0 radical (unpaired) electrons. The van der Waals surface area contributed by atoms with Gasteiger partial charge in [0.25, 0.3) is 0 Å². The minimum atomic E-state index is -0.467. The van der Waals surface area contributed by atoms with Crippen molar-refractivity contribution >= 4 is 11.6 Å². The summed E-state index contributed by atoms with van der Waals surface area (Å²) in [6.07, 6.45) is 7.31. The number of rotatable bonds is 1. The van der Waals surface area contributed by atoms with Crippen molar-refractivity contribution < 1.29 is 14.7 Å². The van der Waals surface area contributed by atoms with Gasteiger partial charge in [-0.3, -0.25) is 9.59 Å². The quantitative estimate of drug-likeness (QED) is 0.795.